The van der Waals surface area contributed by atoms with Crippen LogP contribution in [0.2, 0.25) is 0 Å². The van der Waals surface area contributed by atoms with E-state index in [1.54, 1.807) is 0 Å². The summed E-state index contributed by atoms with van der Waals surface area (Å²) in [5.41, 5.74) is 1.21. The van der Waals surface area contributed by atoms with Gasteiger partial charge in [-0.3, -0.25) is 9.59 Å². The lowest BCUT2D eigenvalue weighted by atomic mass is 10.0. The number of nitrogens with zero attached hydrogens (tertiary/aromatic N) is 1. The van der Waals surface area contributed by atoms with Crippen molar-refractivity contribution in [2.24, 2.45) is 5.92 Å². The predicted octanol–water partition coefficient (Wildman–Crippen LogP) is 2.92. The van der Waals surface area contributed by atoms with Crippen LogP contribution in [0.15, 0.2) is 30.3 Å². The number of aryl methyl sites for hydroxylation is 1. The summed E-state index contributed by atoms with van der Waals surface area (Å²) in [7, 11) is 0. The Bertz CT molecular complexity index is 544. The van der Waals surface area contributed by atoms with Crippen LogP contribution in [0.5, 0.6) is 0 Å². The lowest BCUT2D eigenvalue weighted by molar-refractivity contribution is -0.132. The van der Waals surface area contributed by atoms with Gasteiger partial charge >= 0.3 is 0 Å². The minimum absolute atomic E-state index is 0.232. The largest absolute Gasteiger partial charge is 0.353 e. The summed E-state index contributed by atoms with van der Waals surface area (Å²) in [5.74, 6) is 0.705. The molecule has 0 atom stereocenters. The van der Waals surface area contributed by atoms with Crippen LogP contribution >= 0.6 is 0 Å². The molecule has 4 nitrogen and oxygen atoms in total. The molecule has 3 rings (SSSR count). The SMILES string of the molecule is O=C(NC1CCN(C(=O)CCc2ccccc2)CC1)C1CCCC1. The first kappa shape index (κ1) is 17.0. The average Bonchev–Trinajstić information content (AvgIpc) is 3.16. The Morgan fingerprint density at radius 3 is 2.33 bits per heavy atom. The van der Waals surface area contributed by atoms with Crippen LogP contribution in [-0.2, 0) is 16.0 Å². The van der Waals surface area contributed by atoms with E-state index in [0.29, 0.717) is 6.42 Å². The molecule has 0 aromatic heterocycles. The van der Waals surface area contributed by atoms with Crippen LogP contribution in [0.1, 0.15) is 50.5 Å². The summed E-state index contributed by atoms with van der Waals surface area (Å²) in [4.78, 5) is 26.5. The first-order chi connectivity index (χ1) is 11.7. The molecule has 0 bridgehead atoms. The molecule has 1 aliphatic carbocycles. The topological polar surface area (TPSA) is 49.4 Å². The summed E-state index contributed by atoms with van der Waals surface area (Å²) >= 11 is 0. The first-order valence-electron chi connectivity index (χ1n) is 9.34. The Balaban J connectivity index is 1.38. The molecular weight excluding hydrogens is 300 g/mol. The van der Waals surface area contributed by atoms with Gasteiger partial charge in [-0.1, -0.05) is 43.2 Å². The highest BCUT2D eigenvalue weighted by Crippen LogP contribution is 2.25. The molecule has 2 amide bonds. The van der Waals surface area contributed by atoms with Gasteiger partial charge in [-0.2, -0.15) is 0 Å². The third kappa shape index (κ3) is 4.59. The van der Waals surface area contributed by atoms with Crippen molar-refractivity contribution in [3.8, 4) is 0 Å². The van der Waals surface area contributed by atoms with Crippen LogP contribution in [0.4, 0.5) is 0 Å². The highest BCUT2D eigenvalue weighted by atomic mass is 16.2. The maximum Gasteiger partial charge on any atom is 0.223 e. The summed E-state index contributed by atoms with van der Waals surface area (Å²) in [6.45, 7) is 1.53. The van der Waals surface area contributed by atoms with E-state index in [4.69, 9.17) is 0 Å². The number of carbonyl (C=O) groups excluding carboxylic acids is 2. The van der Waals surface area contributed by atoms with Crippen LogP contribution in [0, 0.1) is 5.92 Å². The molecule has 1 aromatic carbocycles. The highest BCUT2D eigenvalue weighted by Gasteiger charge is 2.27. The molecular formula is C20H28N2O2. The molecule has 2 aliphatic rings. The minimum Gasteiger partial charge on any atom is -0.353 e. The van der Waals surface area contributed by atoms with E-state index in [-0.39, 0.29) is 23.8 Å². The minimum atomic E-state index is 0.232. The molecule has 1 N–H and O–H groups in total. The number of carbonyl (C=O) groups is 2. The molecule has 1 aliphatic heterocycles. The number of likely N-dealkylation sites (tertiary alicyclic amines) is 1. The van der Waals surface area contributed by atoms with Gasteiger partial charge in [0.05, 0.1) is 0 Å². The number of amides is 2. The van der Waals surface area contributed by atoms with Crippen LogP contribution < -0.4 is 5.32 Å². The van der Waals surface area contributed by atoms with Crippen molar-refractivity contribution in [3.05, 3.63) is 35.9 Å². The van der Waals surface area contributed by atoms with Crippen molar-refractivity contribution < 1.29 is 9.59 Å². The first-order valence-corrected chi connectivity index (χ1v) is 9.34. The van der Waals surface area contributed by atoms with Crippen molar-refractivity contribution in [2.45, 2.75) is 57.4 Å². The van der Waals surface area contributed by atoms with E-state index >= 15 is 0 Å². The Kier molecular flexibility index (Phi) is 5.89. The van der Waals surface area contributed by atoms with Gasteiger partial charge in [0, 0.05) is 31.5 Å². The van der Waals surface area contributed by atoms with Crippen molar-refractivity contribution in [2.75, 3.05) is 13.1 Å². The van der Waals surface area contributed by atoms with Crippen LogP contribution in [0.3, 0.4) is 0 Å². The fraction of sp³-hybridized carbons (Fsp3) is 0.600. The van der Waals surface area contributed by atoms with E-state index in [1.807, 2.05) is 23.1 Å². The Labute approximate surface area is 144 Å². The van der Waals surface area contributed by atoms with E-state index in [0.717, 1.165) is 45.2 Å². The van der Waals surface area contributed by atoms with Gasteiger partial charge in [-0.15, -0.1) is 0 Å². The van der Waals surface area contributed by atoms with Gasteiger partial charge in [-0.25, -0.2) is 0 Å². The van der Waals surface area contributed by atoms with E-state index in [2.05, 4.69) is 17.4 Å². The van der Waals surface area contributed by atoms with Crippen molar-refractivity contribution >= 4 is 11.8 Å². The van der Waals surface area contributed by atoms with Crippen molar-refractivity contribution in [1.29, 1.82) is 0 Å². The number of hydrogen-bond acceptors (Lipinski definition) is 2. The zero-order valence-electron chi connectivity index (χ0n) is 14.4. The number of rotatable bonds is 5. The van der Waals surface area contributed by atoms with E-state index in [1.165, 1.54) is 18.4 Å². The summed E-state index contributed by atoms with van der Waals surface area (Å²) in [6.07, 6.45) is 7.61. The number of nitrogens with one attached hydrogen (secondary N) is 1. The monoisotopic (exact) mass is 328 g/mol. The summed E-state index contributed by atoms with van der Waals surface area (Å²) in [5, 5.41) is 3.20. The van der Waals surface area contributed by atoms with E-state index < -0.39 is 0 Å². The van der Waals surface area contributed by atoms with Gasteiger partial charge in [0.25, 0.3) is 0 Å². The molecule has 0 radical (unpaired) electrons. The highest BCUT2D eigenvalue weighted by molar-refractivity contribution is 5.79. The quantitative estimate of drug-likeness (QED) is 0.903. The standard InChI is InChI=1S/C20H28N2O2/c23-19(11-10-16-6-2-1-3-7-16)22-14-12-18(13-15-22)21-20(24)17-8-4-5-9-17/h1-3,6-7,17-18H,4-5,8-15H2,(H,21,24). The Morgan fingerprint density at radius 2 is 1.67 bits per heavy atom. The third-order valence-electron chi connectivity index (χ3n) is 5.39. The molecule has 1 saturated carbocycles. The molecule has 24 heavy (non-hydrogen) atoms. The van der Waals surface area contributed by atoms with Gasteiger partial charge in [0.2, 0.25) is 11.8 Å². The zero-order valence-corrected chi connectivity index (χ0v) is 14.4. The molecule has 0 unspecified atom stereocenters. The normalized spacial score (nSPS) is 19.4. The third-order valence-corrected chi connectivity index (χ3v) is 5.39. The molecule has 1 aromatic rings. The smallest absolute Gasteiger partial charge is 0.223 e. The molecule has 4 heteroatoms. The molecule has 1 saturated heterocycles. The average molecular weight is 328 g/mol. The van der Waals surface area contributed by atoms with Gasteiger partial charge in [0.1, 0.15) is 0 Å². The predicted molar refractivity (Wildman–Crippen MR) is 94.5 cm³/mol. The second-order valence-electron chi connectivity index (χ2n) is 7.13. The molecule has 1 heterocycles. The number of benzene rings is 1. The van der Waals surface area contributed by atoms with Crippen LogP contribution in [-0.4, -0.2) is 35.8 Å². The fourth-order valence-electron chi connectivity index (χ4n) is 3.83. The second kappa shape index (κ2) is 8.32. The number of hydrogen-bond donors (Lipinski definition) is 1. The zero-order chi connectivity index (χ0) is 16.8. The maximum absolute atomic E-state index is 12.3. The van der Waals surface area contributed by atoms with Crippen molar-refractivity contribution in [3.63, 3.8) is 0 Å². The van der Waals surface area contributed by atoms with Crippen LogP contribution in [0.25, 0.3) is 0 Å². The molecule has 2 fully saturated rings. The maximum atomic E-state index is 12.3. The van der Waals surface area contributed by atoms with E-state index in [9.17, 15) is 9.59 Å². The van der Waals surface area contributed by atoms with Gasteiger partial charge < -0.3 is 10.2 Å². The van der Waals surface area contributed by atoms with Gasteiger partial charge in [0.15, 0.2) is 0 Å². The lowest BCUT2D eigenvalue weighted by Gasteiger charge is -2.33. The number of piperidine rings is 1. The molecule has 130 valence electrons. The van der Waals surface area contributed by atoms with Gasteiger partial charge in [-0.05, 0) is 37.7 Å². The second-order valence-corrected chi connectivity index (χ2v) is 7.13. The Hall–Kier alpha value is -1.84. The fourth-order valence-corrected chi connectivity index (χ4v) is 3.83. The molecule has 0 spiro atoms. The van der Waals surface area contributed by atoms with Crippen molar-refractivity contribution in [1.82, 2.24) is 10.2 Å². The summed E-state index contributed by atoms with van der Waals surface area (Å²) < 4.78 is 0. The summed E-state index contributed by atoms with van der Waals surface area (Å²) in [6, 6.07) is 10.4. The Morgan fingerprint density at radius 1 is 1.00 bits per heavy atom. The lowest BCUT2D eigenvalue weighted by Crippen LogP contribution is -2.47.